The summed E-state index contributed by atoms with van der Waals surface area (Å²) in [5, 5.41) is 6.19. The first kappa shape index (κ1) is 14.2. The maximum absolute atomic E-state index is 12.0. The van der Waals surface area contributed by atoms with E-state index >= 15 is 0 Å². The molecule has 19 heavy (non-hydrogen) atoms. The Labute approximate surface area is 123 Å². The van der Waals surface area contributed by atoms with Crippen molar-refractivity contribution in [1.29, 1.82) is 0 Å². The van der Waals surface area contributed by atoms with Crippen LogP contribution in [-0.2, 0) is 6.54 Å². The molecule has 0 aliphatic heterocycles. The first-order chi connectivity index (χ1) is 9.11. The van der Waals surface area contributed by atoms with E-state index < -0.39 is 0 Å². The van der Waals surface area contributed by atoms with Crippen LogP contribution in [0.4, 0.5) is 5.69 Å². The highest BCUT2D eigenvalue weighted by molar-refractivity contribution is 9.10. The Kier molecular flexibility index (Phi) is 4.73. The molecule has 0 atom stereocenters. The normalized spacial score (nSPS) is 10.7. The van der Waals surface area contributed by atoms with Crippen molar-refractivity contribution in [3.8, 4) is 0 Å². The highest BCUT2D eigenvalue weighted by Gasteiger charge is 2.07. The second kappa shape index (κ2) is 6.31. The predicted octanol–water partition coefficient (Wildman–Crippen LogP) is 1.51. The molecule has 0 spiro atoms. The van der Waals surface area contributed by atoms with Crippen LogP contribution in [0.3, 0.4) is 0 Å². The van der Waals surface area contributed by atoms with Gasteiger partial charge in [-0.1, -0.05) is 0 Å². The minimum absolute atomic E-state index is 0.110. The van der Waals surface area contributed by atoms with Gasteiger partial charge in [-0.3, -0.25) is 4.79 Å². The van der Waals surface area contributed by atoms with Gasteiger partial charge in [-0.25, -0.2) is 4.68 Å². The summed E-state index contributed by atoms with van der Waals surface area (Å²) >= 11 is 5.05. The predicted molar refractivity (Wildman–Crippen MR) is 81.9 cm³/mol. The van der Waals surface area contributed by atoms with E-state index in [9.17, 15) is 4.79 Å². The van der Waals surface area contributed by atoms with E-state index in [1.54, 1.807) is 23.6 Å². The lowest BCUT2D eigenvalue weighted by atomic mass is 10.4. The lowest BCUT2D eigenvalue weighted by molar-refractivity contribution is 0.642. The zero-order valence-corrected chi connectivity index (χ0v) is 12.9. The standard InChI is InChI=1S/C12H15BrN4OS/c1-16(4-3-14)9-6-12(18)17(15-7-9)8-11-10(13)2-5-19-11/h2,5-7H,3-4,8,14H2,1H3. The van der Waals surface area contributed by atoms with Crippen molar-refractivity contribution in [2.45, 2.75) is 6.54 Å². The Morgan fingerprint density at radius 2 is 2.37 bits per heavy atom. The van der Waals surface area contributed by atoms with Gasteiger partial charge in [0.2, 0.25) is 0 Å². The van der Waals surface area contributed by atoms with Crippen molar-refractivity contribution in [2.75, 3.05) is 25.0 Å². The van der Waals surface area contributed by atoms with Gasteiger partial charge >= 0.3 is 0 Å². The van der Waals surface area contributed by atoms with Crippen LogP contribution in [0, 0.1) is 0 Å². The molecule has 0 aliphatic carbocycles. The van der Waals surface area contributed by atoms with Crippen LogP contribution in [0.1, 0.15) is 4.88 Å². The fraction of sp³-hybridized carbons (Fsp3) is 0.333. The summed E-state index contributed by atoms with van der Waals surface area (Å²) in [5.74, 6) is 0. The van der Waals surface area contributed by atoms with Crippen LogP contribution in [0.25, 0.3) is 0 Å². The van der Waals surface area contributed by atoms with E-state index in [1.165, 1.54) is 4.68 Å². The van der Waals surface area contributed by atoms with Gasteiger partial charge in [0.1, 0.15) is 0 Å². The number of rotatable bonds is 5. The van der Waals surface area contributed by atoms with Gasteiger partial charge in [-0.15, -0.1) is 11.3 Å². The molecule has 2 N–H and O–H groups in total. The molecule has 0 aromatic carbocycles. The minimum Gasteiger partial charge on any atom is -0.372 e. The summed E-state index contributed by atoms with van der Waals surface area (Å²) in [6, 6.07) is 3.55. The number of halogens is 1. The summed E-state index contributed by atoms with van der Waals surface area (Å²) < 4.78 is 2.46. The molecule has 5 nitrogen and oxygen atoms in total. The average molecular weight is 343 g/mol. The first-order valence-corrected chi connectivity index (χ1v) is 7.49. The van der Waals surface area contributed by atoms with Crippen molar-refractivity contribution in [3.05, 3.63) is 43.4 Å². The van der Waals surface area contributed by atoms with Crippen molar-refractivity contribution < 1.29 is 0 Å². The van der Waals surface area contributed by atoms with Gasteiger partial charge in [-0.2, -0.15) is 5.10 Å². The molecule has 7 heteroatoms. The third kappa shape index (κ3) is 3.43. The number of hydrogen-bond acceptors (Lipinski definition) is 5. The molecule has 0 amide bonds. The van der Waals surface area contributed by atoms with Crippen LogP contribution in [0.15, 0.2) is 33.0 Å². The van der Waals surface area contributed by atoms with Gasteiger partial charge in [0.15, 0.2) is 0 Å². The second-order valence-electron chi connectivity index (χ2n) is 4.11. The summed E-state index contributed by atoms with van der Waals surface area (Å²) in [5.41, 5.74) is 6.17. The monoisotopic (exact) mass is 342 g/mol. The van der Waals surface area contributed by atoms with Gasteiger partial charge in [0, 0.05) is 35.6 Å². The molecule has 2 aromatic rings. The van der Waals surface area contributed by atoms with E-state index in [4.69, 9.17) is 5.73 Å². The first-order valence-electron chi connectivity index (χ1n) is 5.82. The number of hydrogen-bond donors (Lipinski definition) is 1. The molecule has 0 unspecified atom stereocenters. The molecule has 0 saturated carbocycles. The highest BCUT2D eigenvalue weighted by atomic mass is 79.9. The molecule has 0 fully saturated rings. The lowest BCUT2D eigenvalue weighted by Gasteiger charge is -2.17. The Morgan fingerprint density at radius 3 is 2.95 bits per heavy atom. The van der Waals surface area contributed by atoms with E-state index in [1.807, 2.05) is 23.4 Å². The van der Waals surface area contributed by atoms with E-state index in [0.29, 0.717) is 19.6 Å². The summed E-state index contributed by atoms with van der Waals surface area (Å²) in [6.07, 6.45) is 1.69. The third-order valence-corrected chi connectivity index (χ3v) is 4.66. The zero-order chi connectivity index (χ0) is 13.8. The second-order valence-corrected chi connectivity index (χ2v) is 5.97. The molecule has 2 rings (SSSR count). The molecule has 0 bridgehead atoms. The van der Waals surface area contributed by atoms with Crippen molar-refractivity contribution in [3.63, 3.8) is 0 Å². The Morgan fingerprint density at radius 1 is 1.58 bits per heavy atom. The largest absolute Gasteiger partial charge is 0.372 e. The molecule has 0 aliphatic rings. The third-order valence-electron chi connectivity index (χ3n) is 2.74. The number of likely N-dealkylation sites (N-methyl/N-ethyl adjacent to an activating group) is 1. The summed E-state index contributed by atoms with van der Waals surface area (Å²) in [6.45, 7) is 1.72. The minimum atomic E-state index is -0.110. The van der Waals surface area contributed by atoms with Crippen molar-refractivity contribution >= 4 is 33.0 Å². The molecule has 102 valence electrons. The Hall–Kier alpha value is -1.18. The van der Waals surface area contributed by atoms with Crippen LogP contribution >= 0.6 is 27.3 Å². The quantitative estimate of drug-likeness (QED) is 0.894. The van der Waals surface area contributed by atoms with E-state index in [-0.39, 0.29) is 5.56 Å². The maximum atomic E-state index is 12.0. The maximum Gasteiger partial charge on any atom is 0.269 e. The topological polar surface area (TPSA) is 64.2 Å². The van der Waals surface area contributed by atoms with Crippen molar-refractivity contribution in [2.24, 2.45) is 5.73 Å². The summed E-state index contributed by atoms with van der Waals surface area (Å²) in [4.78, 5) is 15.0. The summed E-state index contributed by atoms with van der Waals surface area (Å²) in [7, 11) is 1.89. The number of nitrogens with zero attached hydrogens (tertiary/aromatic N) is 3. The number of aromatic nitrogens is 2. The highest BCUT2D eigenvalue weighted by Crippen LogP contribution is 2.22. The SMILES string of the molecule is CN(CCN)c1cnn(Cc2sccc2Br)c(=O)c1. The average Bonchev–Trinajstić information content (AvgIpc) is 2.78. The Balaban J connectivity index is 2.20. The lowest BCUT2D eigenvalue weighted by Crippen LogP contribution is -2.29. The van der Waals surface area contributed by atoms with Crippen LogP contribution < -0.4 is 16.2 Å². The van der Waals surface area contributed by atoms with Gasteiger partial charge in [0.05, 0.1) is 18.4 Å². The Bertz CT molecular complexity index is 610. The van der Waals surface area contributed by atoms with Crippen LogP contribution in [0.5, 0.6) is 0 Å². The fourth-order valence-electron chi connectivity index (χ4n) is 1.65. The molecular weight excluding hydrogens is 328 g/mol. The van der Waals surface area contributed by atoms with Gasteiger partial charge in [-0.05, 0) is 27.4 Å². The number of nitrogens with two attached hydrogens (primary N) is 1. The molecule has 0 saturated heterocycles. The smallest absolute Gasteiger partial charge is 0.269 e. The molecule has 0 radical (unpaired) electrons. The fourth-order valence-corrected chi connectivity index (χ4v) is 3.11. The zero-order valence-electron chi connectivity index (χ0n) is 10.5. The van der Waals surface area contributed by atoms with Crippen LogP contribution in [0.2, 0.25) is 0 Å². The number of thiophene rings is 1. The molecule has 2 heterocycles. The van der Waals surface area contributed by atoms with Crippen molar-refractivity contribution in [1.82, 2.24) is 9.78 Å². The molecular formula is C12H15BrN4OS. The van der Waals surface area contributed by atoms with Gasteiger partial charge in [0.25, 0.3) is 5.56 Å². The van der Waals surface area contributed by atoms with E-state index in [0.717, 1.165) is 15.0 Å². The van der Waals surface area contributed by atoms with Crippen LogP contribution in [-0.4, -0.2) is 29.9 Å². The molecule has 2 aromatic heterocycles. The van der Waals surface area contributed by atoms with Gasteiger partial charge < -0.3 is 10.6 Å². The van der Waals surface area contributed by atoms with E-state index in [2.05, 4.69) is 21.0 Å². The number of anilines is 1.